The number of hydrogen-bond acceptors (Lipinski definition) is 4. The summed E-state index contributed by atoms with van der Waals surface area (Å²) in [5, 5.41) is 7.80. The van der Waals surface area contributed by atoms with Gasteiger partial charge in [0.2, 0.25) is 0 Å². The summed E-state index contributed by atoms with van der Waals surface area (Å²) in [6.45, 7) is 1.41. The summed E-state index contributed by atoms with van der Waals surface area (Å²) in [6, 6.07) is 4.36. The summed E-state index contributed by atoms with van der Waals surface area (Å²) >= 11 is 3.60. The van der Waals surface area contributed by atoms with Crippen LogP contribution in [0.1, 0.15) is 23.7 Å². The molecule has 5 nitrogen and oxygen atoms in total. The molecule has 0 saturated heterocycles. The highest BCUT2D eigenvalue weighted by molar-refractivity contribution is 9.10. The van der Waals surface area contributed by atoms with Gasteiger partial charge in [0.05, 0.1) is 35.6 Å². The smallest absolute Gasteiger partial charge is 0.0696 e. The lowest BCUT2D eigenvalue weighted by Crippen LogP contribution is -2.22. The average Bonchev–Trinajstić information content (AvgIpc) is 2.88. The predicted octanol–water partition coefficient (Wildman–Crippen LogP) is 2.58. The normalized spacial score (nSPS) is 12.5. The van der Waals surface area contributed by atoms with Gasteiger partial charge in [0.15, 0.2) is 0 Å². The van der Waals surface area contributed by atoms with E-state index in [4.69, 9.17) is 4.74 Å². The Morgan fingerprint density at radius 3 is 2.81 bits per heavy atom. The zero-order valence-electron chi connectivity index (χ0n) is 12.4. The third-order valence-corrected chi connectivity index (χ3v) is 4.10. The minimum absolute atomic E-state index is 0.242. The fourth-order valence-electron chi connectivity index (χ4n) is 2.35. The zero-order chi connectivity index (χ0) is 15.1. The van der Waals surface area contributed by atoms with Crippen molar-refractivity contribution in [2.75, 3.05) is 20.8 Å². The van der Waals surface area contributed by atoms with Gasteiger partial charge in [-0.15, -0.1) is 0 Å². The van der Waals surface area contributed by atoms with Crippen LogP contribution in [0.25, 0.3) is 0 Å². The molecule has 6 heteroatoms. The van der Waals surface area contributed by atoms with Gasteiger partial charge in [0.25, 0.3) is 0 Å². The van der Waals surface area contributed by atoms with Gasteiger partial charge in [-0.3, -0.25) is 9.67 Å². The van der Waals surface area contributed by atoms with Crippen molar-refractivity contribution in [1.29, 1.82) is 0 Å². The van der Waals surface area contributed by atoms with Gasteiger partial charge < -0.3 is 10.1 Å². The summed E-state index contributed by atoms with van der Waals surface area (Å²) in [6.07, 6.45) is 7.51. The molecule has 2 aromatic rings. The van der Waals surface area contributed by atoms with Crippen molar-refractivity contribution in [3.05, 3.63) is 46.5 Å². The highest BCUT2D eigenvalue weighted by Gasteiger charge is 2.18. The largest absolute Gasteiger partial charge is 0.383 e. The molecule has 0 aliphatic rings. The maximum absolute atomic E-state index is 5.15. The average molecular weight is 353 g/mol. The molecule has 0 aliphatic carbocycles. The quantitative estimate of drug-likeness (QED) is 0.793. The SMILES string of the molecule is CNC(CCc1ccncc1)c1c(Br)cnn1CCOC. The first-order valence-corrected chi connectivity index (χ1v) is 7.82. The van der Waals surface area contributed by atoms with Crippen LogP contribution >= 0.6 is 15.9 Å². The minimum Gasteiger partial charge on any atom is -0.383 e. The second-order valence-electron chi connectivity index (χ2n) is 4.83. The highest BCUT2D eigenvalue weighted by atomic mass is 79.9. The third kappa shape index (κ3) is 4.36. The van der Waals surface area contributed by atoms with Crippen molar-refractivity contribution in [2.45, 2.75) is 25.4 Å². The molecule has 0 radical (unpaired) electrons. The third-order valence-electron chi connectivity index (χ3n) is 3.49. The molecule has 0 amide bonds. The van der Waals surface area contributed by atoms with E-state index in [9.17, 15) is 0 Å². The molecular formula is C15H21BrN4O. The Kier molecular flexibility index (Phi) is 6.35. The number of aryl methyl sites for hydroxylation is 1. The number of rotatable bonds is 8. The Morgan fingerprint density at radius 2 is 2.14 bits per heavy atom. The van der Waals surface area contributed by atoms with E-state index in [1.54, 1.807) is 7.11 Å². The van der Waals surface area contributed by atoms with Crippen molar-refractivity contribution in [3.8, 4) is 0 Å². The molecule has 1 atom stereocenters. The fraction of sp³-hybridized carbons (Fsp3) is 0.467. The molecule has 1 N–H and O–H groups in total. The van der Waals surface area contributed by atoms with Gasteiger partial charge in [-0.1, -0.05) is 0 Å². The molecule has 0 aromatic carbocycles. The van der Waals surface area contributed by atoms with Crippen molar-refractivity contribution in [3.63, 3.8) is 0 Å². The Morgan fingerprint density at radius 1 is 1.38 bits per heavy atom. The molecule has 1 unspecified atom stereocenters. The highest BCUT2D eigenvalue weighted by Crippen LogP contribution is 2.26. The van der Waals surface area contributed by atoms with Crippen molar-refractivity contribution in [2.24, 2.45) is 0 Å². The lowest BCUT2D eigenvalue weighted by atomic mass is 10.0. The Balaban J connectivity index is 2.08. The van der Waals surface area contributed by atoms with Crippen LogP contribution in [0.15, 0.2) is 35.2 Å². The van der Waals surface area contributed by atoms with Gasteiger partial charge in [0.1, 0.15) is 0 Å². The summed E-state index contributed by atoms with van der Waals surface area (Å²) < 4.78 is 8.19. The predicted molar refractivity (Wildman–Crippen MR) is 86.2 cm³/mol. The first-order chi connectivity index (χ1) is 10.3. The standard InChI is InChI=1S/C15H21BrN4O/c1-17-14(4-3-12-5-7-18-8-6-12)15-13(16)11-19-20(15)9-10-21-2/h5-8,11,14,17H,3-4,9-10H2,1-2H3. The molecule has 2 aromatic heterocycles. The number of ether oxygens (including phenoxy) is 1. The van der Waals surface area contributed by atoms with Crippen molar-refractivity contribution < 1.29 is 4.74 Å². The van der Waals surface area contributed by atoms with E-state index in [1.165, 1.54) is 11.3 Å². The van der Waals surface area contributed by atoms with Crippen LogP contribution in [0.4, 0.5) is 0 Å². The number of pyridine rings is 1. The molecule has 0 saturated carbocycles. The monoisotopic (exact) mass is 352 g/mol. The van der Waals surface area contributed by atoms with Crippen molar-refractivity contribution in [1.82, 2.24) is 20.1 Å². The van der Waals surface area contributed by atoms with Gasteiger partial charge in [-0.25, -0.2) is 0 Å². The number of hydrogen-bond donors (Lipinski definition) is 1. The van der Waals surface area contributed by atoms with Gasteiger partial charge in [0, 0.05) is 19.5 Å². The van der Waals surface area contributed by atoms with Gasteiger partial charge in [-0.05, 0) is 53.5 Å². The maximum Gasteiger partial charge on any atom is 0.0696 e. The Labute approximate surface area is 133 Å². The molecule has 0 aliphatic heterocycles. The molecule has 0 bridgehead atoms. The zero-order valence-corrected chi connectivity index (χ0v) is 14.0. The molecule has 114 valence electrons. The molecule has 0 fully saturated rings. The summed E-state index contributed by atoms with van der Waals surface area (Å²) in [5.41, 5.74) is 2.47. The van der Waals surface area contributed by atoms with Gasteiger partial charge >= 0.3 is 0 Å². The Hall–Kier alpha value is -1.24. The van der Waals surface area contributed by atoms with Crippen molar-refractivity contribution >= 4 is 15.9 Å². The molecule has 21 heavy (non-hydrogen) atoms. The number of nitrogens with one attached hydrogen (secondary N) is 1. The molecular weight excluding hydrogens is 332 g/mol. The summed E-state index contributed by atoms with van der Waals surface area (Å²) in [5.74, 6) is 0. The number of halogens is 1. The van der Waals surface area contributed by atoms with E-state index in [2.05, 4.69) is 43.5 Å². The summed E-state index contributed by atoms with van der Waals surface area (Å²) in [4.78, 5) is 4.05. The van der Waals surface area contributed by atoms with Crippen LogP contribution in [0, 0.1) is 0 Å². The van der Waals surface area contributed by atoms with E-state index < -0.39 is 0 Å². The Bertz CT molecular complexity index is 544. The number of methoxy groups -OCH3 is 1. The molecule has 2 rings (SSSR count). The lowest BCUT2D eigenvalue weighted by Gasteiger charge is -2.19. The number of aromatic nitrogens is 3. The van der Waals surface area contributed by atoms with Crippen LogP contribution in [0.3, 0.4) is 0 Å². The second kappa shape index (κ2) is 8.26. The minimum atomic E-state index is 0.242. The maximum atomic E-state index is 5.15. The van der Waals surface area contributed by atoms with Crippen LogP contribution in [0.2, 0.25) is 0 Å². The number of nitrogens with zero attached hydrogens (tertiary/aromatic N) is 3. The van der Waals surface area contributed by atoms with Crippen LogP contribution in [-0.2, 0) is 17.7 Å². The first-order valence-electron chi connectivity index (χ1n) is 7.02. The molecule has 2 heterocycles. The van der Waals surface area contributed by atoms with E-state index in [0.717, 1.165) is 23.9 Å². The van der Waals surface area contributed by atoms with Gasteiger partial charge in [-0.2, -0.15) is 5.10 Å². The topological polar surface area (TPSA) is 52.0 Å². The van der Waals surface area contributed by atoms with E-state index >= 15 is 0 Å². The fourth-order valence-corrected chi connectivity index (χ4v) is 2.93. The van der Waals surface area contributed by atoms with E-state index in [0.29, 0.717) is 6.61 Å². The molecule has 0 spiro atoms. The van der Waals surface area contributed by atoms with E-state index in [1.807, 2.05) is 30.3 Å². The van der Waals surface area contributed by atoms with Crippen LogP contribution in [0.5, 0.6) is 0 Å². The van der Waals surface area contributed by atoms with E-state index in [-0.39, 0.29) is 6.04 Å². The van der Waals surface area contributed by atoms with Crippen LogP contribution < -0.4 is 5.32 Å². The lowest BCUT2D eigenvalue weighted by molar-refractivity contribution is 0.181. The second-order valence-corrected chi connectivity index (χ2v) is 5.68. The van der Waals surface area contributed by atoms with Crippen LogP contribution in [-0.4, -0.2) is 35.5 Å². The first kappa shape index (κ1) is 16.1. The summed E-state index contributed by atoms with van der Waals surface area (Å²) in [7, 11) is 3.69.